The first-order valence-electron chi connectivity index (χ1n) is 14.4. The van der Waals surface area contributed by atoms with Crippen LogP contribution < -0.4 is 11.3 Å². The van der Waals surface area contributed by atoms with Gasteiger partial charge in [0.05, 0.1) is 31.5 Å². The molecule has 1 fully saturated rings. The minimum Gasteiger partial charge on any atom is -0.390 e. The van der Waals surface area contributed by atoms with Crippen LogP contribution in [0.4, 0.5) is 0 Å². The highest BCUT2D eigenvalue weighted by atomic mass is 32.1. The van der Waals surface area contributed by atoms with Gasteiger partial charge < -0.3 is 35.8 Å². The Morgan fingerprint density at radius 2 is 1.73 bits per heavy atom. The summed E-state index contributed by atoms with van der Waals surface area (Å²) in [5.74, 6) is 0. The van der Waals surface area contributed by atoms with Crippen LogP contribution in [0.1, 0.15) is 90.7 Å². The zero-order valence-electron chi connectivity index (χ0n) is 24.0. The number of nitrogens with zero attached hydrogens (tertiary/aromatic N) is 1. The number of hydrogen-bond donors (Lipinski definition) is 7. The molecular formula is C26H48N3O10PS. The lowest BCUT2D eigenvalue weighted by atomic mass is 9.96. The van der Waals surface area contributed by atoms with Crippen molar-refractivity contribution in [2.75, 3.05) is 13.2 Å². The maximum atomic E-state index is 12.4. The quantitative estimate of drug-likeness (QED) is 0.0633. The Morgan fingerprint density at radius 1 is 1.15 bits per heavy atom. The topological polar surface area (TPSA) is 210 Å². The number of phosphoric ester groups is 1. The summed E-state index contributed by atoms with van der Waals surface area (Å²) in [6.45, 7) is 2.26. The maximum Gasteiger partial charge on any atom is 0.472 e. The Hall–Kier alpha value is -1.03. The van der Waals surface area contributed by atoms with E-state index in [1.54, 1.807) is 0 Å². The summed E-state index contributed by atoms with van der Waals surface area (Å²) in [5.41, 5.74) is 3.52. The first-order valence-corrected chi connectivity index (χ1v) is 16.3. The fourth-order valence-electron chi connectivity index (χ4n) is 4.77. The summed E-state index contributed by atoms with van der Waals surface area (Å²) < 4.78 is 29.0. The molecule has 0 bridgehead atoms. The van der Waals surface area contributed by atoms with Crippen LogP contribution in [0, 0.1) is 4.77 Å². The normalized spacial score (nSPS) is 26.5. The Kier molecular flexibility index (Phi) is 15.3. The van der Waals surface area contributed by atoms with Gasteiger partial charge in [0.15, 0.2) is 11.0 Å². The largest absolute Gasteiger partial charge is 0.472 e. The Labute approximate surface area is 246 Å². The van der Waals surface area contributed by atoms with Gasteiger partial charge in [-0.2, -0.15) is 0 Å². The molecule has 0 amide bonds. The summed E-state index contributed by atoms with van der Waals surface area (Å²) in [6.07, 6.45) is 6.52. The van der Waals surface area contributed by atoms with E-state index in [-0.39, 0.29) is 4.77 Å². The predicted octanol–water partition coefficient (Wildman–Crippen LogP) is 2.41. The molecule has 0 aliphatic carbocycles. The summed E-state index contributed by atoms with van der Waals surface area (Å²) in [4.78, 5) is 23.9. The number of aromatic amines is 1. The molecular weight excluding hydrogens is 577 g/mol. The SMILES string of the molecule is CCCCCCCCCCCCC(O)C(O)C(N)COP(=O)(O)OC[C@H]1O[C@@H](n2ccc(=O)[nH]c2=S)C(C)(O)[C@H]1O. The summed E-state index contributed by atoms with van der Waals surface area (Å²) in [5, 5.41) is 41.9. The fraction of sp³-hybridized carbons (Fsp3) is 0.846. The lowest BCUT2D eigenvalue weighted by molar-refractivity contribution is -0.0979. The molecule has 5 unspecified atom stereocenters. The summed E-state index contributed by atoms with van der Waals surface area (Å²) >= 11 is 5.09. The average molecular weight is 626 g/mol. The van der Waals surface area contributed by atoms with E-state index in [0.717, 1.165) is 31.7 Å². The van der Waals surface area contributed by atoms with E-state index in [0.29, 0.717) is 6.42 Å². The molecule has 1 aliphatic heterocycles. The van der Waals surface area contributed by atoms with E-state index in [1.807, 2.05) is 0 Å². The van der Waals surface area contributed by atoms with Crippen molar-refractivity contribution < 1.29 is 43.7 Å². The second-order valence-electron chi connectivity index (χ2n) is 11.0. The molecule has 2 heterocycles. The number of hydrogen-bond acceptors (Lipinski definition) is 11. The molecule has 41 heavy (non-hydrogen) atoms. The standard InChI is InChI=1S/C26H48N3O10PS/c1-3-4-5-6-7-8-9-10-11-12-13-19(30)22(32)18(27)16-37-40(35,36)38-17-20-23(33)26(2,34)24(39-20)29-15-14-21(31)28-25(29)41/h14-15,18-20,22-24,30,32-34H,3-13,16-17,27H2,1-2H3,(H,35,36)(H,28,31,41)/t18?,19?,20-,22?,23+,24-,26?/m1/s1. The lowest BCUT2D eigenvalue weighted by Gasteiger charge is -2.28. The van der Waals surface area contributed by atoms with Crippen molar-refractivity contribution >= 4 is 20.0 Å². The van der Waals surface area contributed by atoms with Crippen LogP contribution in [0.15, 0.2) is 17.1 Å². The van der Waals surface area contributed by atoms with Crippen LogP contribution in [-0.2, 0) is 18.3 Å². The van der Waals surface area contributed by atoms with Crippen LogP contribution in [0.2, 0.25) is 0 Å². The third-order valence-electron chi connectivity index (χ3n) is 7.38. The van der Waals surface area contributed by atoms with Crippen LogP contribution >= 0.6 is 20.0 Å². The van der Waals surface area contributed by atoms with Crippen molar-refractivity contribution in [3.05, 3.63) is 27.4 Å². The zero-order valence-corrected chi connectivity index (χ0v) is 25.7. The van der Waals surface area contributed by atoms with Crippen molar-refractivity contribution in [1.82, 2.24) is 9.55 Å². The van der Waals surface area contributed by atoms with Gasteiger partial charge in [0.25, 0.3) is 5.56 Å². The third kappa shape index (κ3) is 11.5. The van der Waals surface area contributed by atoms with Gasteiger partial charge in [0, 0.05) is 12.3 Å². The van der Waals surface area contributed by atoms with Crippen LogP contribution in [0.5, 0.6) is 0 Å². The van der Waals surface area contributed by atoms with Crippen molar-refractivity contribution in [1.29, 1.82) is 0 Å². The maximum absolute atomic E-state index is 12.4. The molecule has 0 saturated carbocycles. The van der Waals surface area contributed by atoms with Gasteiger partial charge in [0.2, 0.25) is 0 Å². The molecule has 8 atom stereocenters. The van der Waals surface area contributed by atoms with Gasteiger partial charge in [-0.3, -0.25) is 23.4 Å². The lowest BCUT2D eigenvalue weighted by Crippen LogP contribution is -2.45. The number of aliphatic hydroxyl groups excluding tert-OH is 3. The van der Waals surface area contributed by atoms with E-state index in [4.69, 9.17) is 31.7 Å². The van der Waals surface area contributed by atoms with E-state index in [1.165, 1.54) is 56.2 Å². The molecule has 1 aliphatic rings. The highest BCUT2D eigenvalue weighted by Gasteiger charge is 2.53. The number of phosphoric acid groups is 1. The molecule has 1 aromatic rings. The third-order valence-corrected chi connectivity index (χ3v) is 8.64. The summed E-state index contributed by atoms with van der Waals surface area (Å²) in [7, 11) is -4.71. The molecule has 15 heteroatoms. The van der Waals surface area contributed by atoms with E-state index >= 15 is 0 Å². The Bertz CT molecular complexity index is 1070. The number of rotatable bonds is 20. The van der Waals surface area contributed by atoms with Crippen molar-refractivity contribution in [2.45, 2.75) is 127 Å². The highest BCUT2D eigenvalue weighted by molar-refractivity contribution is 7.71. The number of aliphatic hydroxyl groups is 4. The molecule has 0 spiro atoms. The predicted molar refractivity (Wildman–Crippen MR) is 155 cm³/mol. The molecule has 0 radical (unpaired) electrons. The number of ether oxygens (including phenoxy) is 1. The van der Waals surface area contributed by atoms with E-state index in [2.05, 4.69) is 11.9 Å². The Balaban J connectivity index is 1.72. The fourth-order valence-corrected chi connectivity index (χ4v) is 5.80. The molecule has 1 saturated heterocycles. The zero-order chi connectivity index (χ0) is 30.6. The monoisotopic (exact) mass is 625 g/mol. The van der Waals surface area contributed by atoms with Crippen molar-refractivity contribution in [3.63, 3.8) is 0 Å². The van der Waals surface area contributed by atoms with E-state index in [9.17, 15) is 34.7 Å². The van der Waals surface area contributed by atoms with Gasteiger partial charge in [-0.15, -0.1) is 0 Å². The second kappa shape index (κ2) is 17.3. The molecule has 0 aromatic carbocycles. The minimum atomic E-state index is -4.71. The Morgan fingerprint density at radius 3 is 2.32 bits per heavy atom. The number of nitrogens with two attached hydrogens (primary N) is 1. The van der Waals surface area contributed by atoms with Crippen molar-refractivity contribution in [2.24, 2.45) is 5.73 Å². The molecule has 238 valence electrons. The number of aromatic nitrogens is 2. The first kappa shape index (κ1) is 36.2. The van der Waals surface area contributed by atoms with Crippen LogP contribution in [-0.4, -0.2) is 84.1 Å². The number of unbranched alkanes of at least 4 members (excludes halogenated alkanes) is 9. The van der Waals surface area contributed by atoms with E-state index < -0.39 is 68.9 Å². The van der Waals surface area contributed by atoms with Gasteiger partial charge >= 0.3 is 7.82 Å². The van der Waals surface area contributed by atoms with Crippen molar-refractivity contribution in [3.8, 4) is 0 Å². The van der Waals surface area contributed by atoms with Gasteiger partial charge in [-0.05, 0) is 25.6 Å². The molecule has 1 aromatic heterocycles. The van der Waals surface area contributed by atoms with Gasteiger partial charge in [-0.1, -0.05) is 71.1 Å². The van der Waals surface area contributed by atoms with Gasteiger partial charge in [-0.25, -0.2) is 4.57 Å². The minimum absolute atomic E-state index is 0.0596. The van der Waals surface area contributed by atoms with Crippen LogP contribution in [0.25, 0.3) is 0 Å². The summed E-state index contributed by atoms with van der Waals surface area (Å²) in [6, 6.07) is 0.00494. The highest BCUT2D eigenvalue weighted by Crippen LogP contribution is 2.45. The molecule has 8 N–H and O–H groups in total. The number of nitrogens with one attached hydrogen (secondary N) is 1. The van der Waals surface area contributed by atoms with Gasteiger partial charge in [0.1, 0.15) is 17.8 Å². The second-order valence-corrected chi connectivity index (χ2v) is 12.8. The smallest absolute Gasteiger partial charge is 0.390 e. The molecule has 13 nitrogen and oxygen atoms in total. The van der Waals surface area contributed by atoms with Crippen LogP contribution in [0.3, 0.4) is 0 Å². The molecule has 2 rings (SSSR count). The average Bonchev–Trinajstić information content (AvgIpc) is 3.14. The first-order chi connectivity index (χ1) is 19.3. The number of H-pyrrole nitrogens is 1.